The quantitative estimate of drug-likeness (QED) is 0.715. The van der Waals surface area contributed by atoms with Crippen molar-refractivity contribution in [2.24, 2.45) is 5.92 Å². The van der Waals surface area contributed by atoms with Crippen molar-refractivity contribution in [3.8, 4) is 5.75 Å². The molecule has 1 amide bonds. The van der Waals surface area contributed by atoms with E-state index < -0.39 is 17.9 Å². The summed E-state index contributed by atoms with van der Waals surface area (Å²) in [5.41, 5.74) is 0.562. The number of carboxylic acid groups (broad SMARTS) is 1. The van der Waals surface area contributed by atoms with Crippen LogP contribution in [-0.4, -0.2) is 22.1 Å². The molecule has 1 aromatic rings. The van der Waals surface area contributed by atoms with Crippen LogP contribution in [0.25, 0.3) is 0 Å². The van der Waals surface area contributed by atoms with Crippen LogP contribution in [0.4, 0.5) is 0 Å². The summed E-state index contributed by atoms with van der Waals surface area (Å²) in [4.78, 5) is 22.3. The summed E-state index contributed by atoms with van der Waals surface area (Å²) in [6.45, 7) is 0. The first-order valence-corrected chi connectivity index (χ1v) is 5.38. The maximum atomic E-state index is 11.4. The molecule has 0 radical (unpaired) electrons. The van der Waals surface area contributed by atoms with Crippen molar-refractivity contribution < 1.29 is 19.8 Å². The number of carbonyl (C=O) groups excluding carboxylic acids is 1. The number of aromatic hydroxyl groups is 1. The number of carbonyl (C=O) groups is 2. The zero-order valence-corrected chi connectivity index (χ0v) is 9.09. The van der Waals surface area contributed by atoms with E-state index in [1.54, 1.807) is 18.2 Å². The number of piperidine rings is 1. The van der Waals surface area contributed by atoms with Crippen molar-refractivity contribution in [3.63, 3.8) is 0 Å². The lowest BCUT2D eigenvalue weighted by Gasteiger charge is -2.28. The molecule has 1 aromatic carbocycles. The second-order valence-electron chi connectivity index (χ2n) is 4.15. The van der Waals surface area contributed by atoms with E-state index in [0.29, 0.717) is 12.0 Å². The predicted octanol–water partition coefficient (Wildman–Crippen LogP) is 1.04. The Labute approximate surface area is 98.1 Å². The Balaban J connectivity index is 2.24. The van der Waals surface area contributed by atoms with Crippen molar-refractivity contribution in [2.75, 3.05) is 0 Å². The average Bonchev–Trinajstić information content (AvgIpc) is 2.28. The van der Waals surface area contributed by atoms with Crippen LogP contribution in [0.15, 0.2) is 24.3 Å². The Morgan fingerprint density at radius 2 is 2.06 bits per heavy atom. The highest BCUT2D eigenvalue weighted by molar-refractivity contribution is 5.84. The number of aliphatic carboxylic acids is 1. The summed E-state index contributed by atoms with van der Waals surface area (Å²) in [6, 6.07) is 6.19. The summed E-state index contributed by atoms with van der Waals surface area (Å²) in [5, 5.41) is 21.3. The highest BCUT2D eigenvalue weighted by Gasteiger charge is 2.32. The fraction of sp³-hybridized carbons (Fsp3) is 0.333. The molecule has 5 nitrogen and oxygen atoms in total. The molecule has 17 heavy (non-hydrogen) atoms. The minimum atomic E-state index is -0.972. The Bertz CT molecular complexity index is 458. The third kappa shape index (κ3) is 2.38. The van der Waals surface area contributed by atoms with Gasteiger partial charge in [0.2, 0.25) is 5.91 Å². The molecule has 3 N–H and O–H groups in total. The lowest BCUT2D eigenvalue weighted by Crippen LogP contribution is -2.39. The molecule has 0 spiro atoms. The van der Waals surface area contributed by atoms with Crippen LogP contribution in [0.1, 0.15) is 24.4 Å². The molecule has 1 fully saturated rings. The molecular formula is C12H13NO4. The number of benzene rings is 1. The van der Waals surface area contributed by atoms with Crippen LogP contribution in [0.2, 0.25) is 0 Å². The summed E-state index contributed by atoms with van der Waals surface area (Å²) in [7, 11) is 0. The van der Waals surface area contributed by atoms with Gasteiger partial charge in [0.1, 0.15) is 5.75 Å². The maximum Gasteiger partial charge on any atom is 0.307 e. The molecule has 5 heteroatoms. The lowest BCUT2D eigenvalue weighted by molar-refractivity contribution is -0.146. The monoisotopic (exact) mass is 235 g/mol. The van der Waals surface area contributed by atoms with Gasteiger partial charge in [-0.15, -0.1) is 0 Å². The summed E-state index contributed by atoms with van der Waals surface area (Å²) in [5.74, 6) is -1.88. The molecule has 2 rings (SSSR count). The van der Waals surface area contributed by atoms with Crippen molar-refractivity contribution in [3.05, 3.63) is 29.8 Å². The second-order valence-corrected chi connectivity index (χ2v) is 4.15. The number of amides is 1. The summed E-state index contributed by atoms with van der Waals surface area (Å²) >= 11 is 0. The molecule has 0 aromatic heterocycles. The zero-order valence-electron chi connectivity index (χ0n) is 9.09. The van der Waals surface area contributed by atoms with E-state index in [1.165, 1.54) is 6.07 Å². The van der Waals surface area contributed by atoms with Gasteiger partial charge >= 0.3 is 5.97 Å². The first-order valence-electron chi connectivity index (χ1n) is 5.38. The van der Waals surface area contributed by atoms with E-state index in [0.717, 1.165) is 0 Å². The molecule has 1 heterocycles. The van der Waals surface area contributed by atoms with E-state index in [2.05, 4.69) is 5.32 Å². The minimum Gasteiger partial charge on any atom is -0.508 e. The van der Waals surface area contributed by atoms with Crippen LogP contribution in [0.5, 0.6) is 5.75 Å². The van der Waals surface area contributed by atoms with Gasteiger partial charge in [-0.05, 0) is 12.5 Å². The number of para-hydroxylation sites is 1. The number of phenolic OH excluding ortho intramolecular Hbond substituents is 1. The maximum absolute atomic E-state index is 11.4. The SMILES string of the molecule is O=C1CC(C(=O)O)CC(c2ccccc2O)N1. The third-order valence-corrected chi connectivity index (χ3v) is 2.95. The highest BCUT2D eigenvalue weighted by Crippen LogP contribution is 2.32. The van der Waals surface area contributed by atoms with Gasteiger partial charge in [-0.3, -0.25) is 9.59 Å². The van der Waals surface area contributed by atoms with E-state index in [1.807, 2.05) is 0 Å². The van der Waals surface area contributed by atoms with E-state index in [9.17, 15) is 14.7 Å². The van der Waals surface area contributed by atoms with Crippen LogP contribution in [0.3, 0.4) is 0 Å². The minimum absolute atomic E-state index is 0.000567. The number of phenols is 1. The van der Waals surface area contributed by atoms with Gasteiger partial charge in [0, 0.05) is 12.0 Å². The standard InChI is InChI=1S/C12H13NO4/c14-10-4-2-1-3-8(10)9-5-7(12(16)17)6-11(15)13-9/h1-4,7,9,14H,5-6H2,(H,13,15)(H,16,17). The van der Waals surface area contributed by atoms with Crippen molar-refractivity contribution in [1.29, 1.82) is 0 Å². The molecule has 1 aliphatic heterocycles. The van der Waals surface area contributed by atoms with Gasteiger partial charge in [0.25, 0.3) is 0 Å². The number of nitrogens with one attached hydrogen (secondary N) is 1. The molecule has 0 aliphatic carbocycles. The largest absolute Gasteiger partial charge is 0.508 e. The van der Waals surface area contributed by atoms with Crippen LogP contribution < -0.4 is 5.32 Å². The fourth-order valence-electron chi connectivity index (χ4n) is 2.08. The molecule has 90 valence electrons. The van der Waals surface area contributed by atoms with Crippen molar-refractivity contribution >= 4 is 11.9 Å². The molecular weight excluding hydrogens is 222 g/mol. The number of hydrogen-bond donors (Lipinski definition) is 3. The smallest absolute Gasteiger partial charge is 0.307 e. The Morgan fingerprint density at radius 1 is 1.35 bits per heavy atom. The lowest BCUT2D eigenvalue weighted by atomic mass is 9.88. The van der Waals surface area contributed by atoms with E-state index in [-0.39, 0.29) is 18.1 Å². The molecule has 2 atom stereocenters. The van der Waals surface area contributed by atoms with Crippen molar-refractivity contribution in [1.82, 2.24) is 5.32 Å². The first-order chi connectivity index (χ1) is 8.08. The van der Waals surface area contributed by atoms with Crippen LogP contribution in [0, 0.1) is 5.92 Å². The van der Waals surface area contributed by atoms with Gasteiger partial charge in [0.15, 0.2) is 0 Å². The molecule has 0 bridgehead atoms. The molecule has 1 saturated heterocycles. The third-order valence-electron chi connectivity index (χ3n) is 2.95. The van der Waals surface area contributed by atoms with Crippen LogP contribution >= 0.6 is 0 Å². The topological polar surface area (TPSA) is 86.6 Å². The second kappa shape index (κ2) is 4.45. The average molecular weight is 235 g/mol. The van der Waals surface area contributed by atoms with Gasteiger partial charge in [-0.25, -0.2) is 0 Å². The summed E-state index contributed by atoms with van der Waals surface area (Å²) in [6.07, 6.45) is 0.304. The zero-order chi connectivity index (χ0) is 12.4. The molecule has 2 unspecified atom stereocenters. The molecule has 1 aliphatic rings. The van der Waals surface area contributed by atoms with Crippen LogP contribution in [-0.2, 0) is 9.59 Å². The number of rotatable bonds is 2. The Kier molecular flexibility index (Phi) is 2.99. The van der Waals surface area contributed by atoms with E-state index in [4.69, 9.17) is 5.11 Å². The first kappa shape index (κ1) is 11.4. The normalized spacial score (nSPS) is 24.1. The van der Waals surface area contributed by atoms with Gasteiger partial charge in [-0.2, -0.15) is 0 Å². The molecule has 0 saturated carbocycles. The number of hydrogen-bond acceptors (Lipinski definition) is 3. The highest BCUT2D eigenvalue weighted by atomic mass is 16.4. The summed E-state index contributed by atoms with van der Waals surface area (Å²) < 4.78 is 0. The fourth-order valence-corrected chi connectivity index (χ4v) is 2.08. The van der Waals surface area contributed by atoms with Crippen molar-refractivity contribution in [2.45, 2.75) is 18.9 Å². The van der Waals surface area contributed by atoms with Gasteiger partial charge < -0.3 is 15.5 Å². The Morgan fingerprint density at radius 3 is 2.71 bits per heavy atom. The predicted molar refractivity (Wildman–Crippen MR) is 59.4 cm³/mol. The van der Waals surface area contributed by atoms with Gasteiger partial charge in [0.05, 0.1) is 12.0 Å². The Hall–Kier alpha value is -2.04. The van der Waals surface area contributed by atoms with E-state index >= 15 is 0 Å². The van der Waals surface area contributed by atoms with Gasteiger partial charge in [-0.1, -0.05) is 18.2 Å². The number of carboxylic acids is 1.